The number of hydrogen-bond acceptors (Lipinski definition) is 5. The van der Waals surface area contributed by atoms with Crippen molar-refractivity contribution in [3.8, 4) is 11.3 Å². The first-order valence-electron chi connectivity index (χ1n) is 11.3. The van der Waals surface area contributed by atoms with Gasteiger partial charge in [-0.15, -0.1) is 5.10 Å². The summed E-state index contributed by atoms with van der Waals surface area (Å²) in [6.45, 7) is 2.78. The van der Waals surface area contributed by atoms with Gasteiger partial charge >= 0.3 is 5.97 Å². The van der Waals surface area contributed by atoms with Crippen LogP contribution in [0.1, 0.15) is 77.8 Å². The Bertz CT molecular complexity index is 1100. The van der Waals surface area contributed by atoms with E-state index in [-0.39, 0.29) is 17.3 Å². The number of carbonyl (C=O) groups excluding carboxylic acids is 1. The molecule has 1 aromatic carbocycles. The molecular formula is C25H28N4O3. The van der Waals surface area contributed by atoms with Crippen LogP contribution in [0.3, 0.4) is 0 Å². The number of nitrogens with zero attached hydrogens (tertiary/aromatic N) is 4. The SMILES string of the molecule is CCCn1nc(C(=O)C2CCCCC2)nc1Cc1ccc(-c2ccccc2C(=O)O)nc1. The molecule has 0 amide bonds. The van der Waals surface area contributed by atoms with Crippen LogP contribution in [-0.4, -0.2) is 36.6 Å². The largest absolute Gasteiger partial charge is 0.478 e. The van der Waals surface area contributed by atoms with Gasteiger partial charge in [-0.1, -0.05) is 50.5 Å². The van der Waals surface area contributed by atoms with E-state index < -0.39 is 5.97 Å². The molecule has 7 heteroatoms. The summed E-state index contributed by atoms with van der Waals surface area (Å²) in [6.07, 6.45) is 8.41. The van der Waals surface area contributed by atoms with Crippen LogP contribution >= 0.6 is 0 Å². The Balaban J connectivity index is 1.55. The van der Waals surface area contributed by atoms with Gasteiger partial charge in [-0.25, -0.2) is 14.5 Å². The minimum Gasteiger partial charge on any atom is -0.478 e. The number of carboxylic acid groups (broad SMARTS) is 1. The standard InChI is InChI=1S/C25H28N4O3/c1-2-14-29-22(27-24(28-29)23(30)18-8-4-3-5-9-18)15-17-12-13-21(26-16-17)19-10-6-7-11-20(19)25(31)32/h6-7,10-13,16,18H,2-5,8-9,14-15H2,1H3,(H,31,32). The molecule has 1 N–H and O–H groups in total. The predicted molar refractivity (Wildman–Crippen MR) is 121 cm³/mol. The maximum Gasteiger partial charge on any atom is 0.336 e. The molecule has 0 atom stereocenters. The lowest BCUT2D eigenvalue weighted by atomic mass is 9.86. The number of benzene rings is 1. The van der Waals surface area contributed by atoms with Gasteiger partial charge in [0.1, 0.15) is 5.82 Å². The second-order valence-corrected chi connectivity index (χ2v) is 8.35. The summed E-state index contributed by atoms with van der Waals surface area (Å²) in [5.74, 6) is 0.227. The highest BCUT2D eigenvalue weighted by Gasteiger charge is 2.26. The second kappa shape index (κ2) is 9.85. The van der Waals surface area contributed by atoms with Crippen LogP contribution in [0.25, 0.3) is 11.3 Å². The Labute approximate surface area is 187 Å². The van der Waals surface area contributed by atoms with Crippen LogP contribution in [0.15, 0.2) is 42.6 Å². The molecule has 3 aromatic rings. The summed E-state index contributed by atoms with van der Waals surface area (Å²) in [4.78, 5) is 33.5. The minimum absolute atomic E-state index is 0.0457. The zero-order valence-electron chi connectivity index (χ0n) is 18.3. The van der Waals surface area contributed by atoms with Crippen LogP contribution in [-0.2, 0) is 13.0 Å². The number of carboxylic acids is 1. The molecule has 0 radical (unpaired) electrons. The van der Waals surface area contributed by atoms with Gasteiger partial charge in [0.2, 0.25) is 11.6 Å². The van der Waals surface area contributed by atoms with Crippen molar-refractivity contribution in [3.05, 3.63) is 65.4 Å². The number of Topliss-reactive ketones (excluding diaryl/α,β-unsaturated/α-hetero) is 1. The van der Waals surface area contributed by atoms with E-state index >= 15 is 0 Å². The van der Waals surface area contributed by atoms with Crippen LogP contribution in [0.5, 0.6) is 0 Å². The van der Waals surface area contributed by atoms with Crippen molar-refractivity contribution in [3.63, 3.8) is 0 Å². The second-order valence-electron chi connectivity index (χ2n) is 8.35. The van der Waals surface area contributed by atoms with E-state index in [9.17, 15) is 14.7 Å². The Morgan fingerprint density at radius 2 is 1.88 bits per heavy atom. The third-order valence-electron chi connectivity index (χ3n) is 6.00. The Morgan fingerprint density at radius 3 is 2.56 bits per heavy atom. The summed E-state index contributed by atoms with van der Waals surface area (Å²) in [7, 11) is 0. The van der Waals surface area contributed by atoms with Gasteiger partial charge in [0, 0.05) is 30.6 Å². The number of aryl methyl sites for hydroxylation is 1. The molecule has 0 unspecified atom stereocenters. The van der Waals surface area contributed by atoms with E-state index in [1.54, 1.807) is 30.5 Å². The third kappa shape index (κ3) is 4.77. The molecule has 0 saturated heterocycles. The summed E-state index contributed by atoms with van der Waals surface area (Å²) >= 11 is 0. The van der Waals surface area contributed by atoms with Gasteiger partial charge in [-0.05, 0) is 37.0 Å². The average Bonchev–Trinajstić information content (AvgIpc) is 3.22. The van der Waals surface area contributed by atoms with Gasteiger partial charge in [-0.3, -0.25) is 9.78 Å². The quantitative estimate of drug-likeness (QED) is 0.513. The molecule has 32 heavy (non-hydrogen) atoms. The molecule has 0 spiro atoms. The van der Waals surface area contributed by atoms with Gasteiger partial charge in [0.25, 0.3) is 0 Å². The topological polar surface area (TPSA) is 98.0 Å². The smallest absolute Gasteiger partial charge is 0.336 e. The lowest BCUT2D eigenvalue weighted by molar-refractivity contribution is 0.0697. The molecule has 2 heterocycles. The van der Waals surface area contributed by atoms with Crippen molar-refractivity contribution in [2.24, 2.45) is 5.92 Å². The van der Waals surface area contributed by atoms with Gasteiger partial charge in [-0.2, -0.15) is 0 Å². The molecule has 1 saturated carbocycles. The van der Waals surface area contributed by atoms with Crippen molar-refractivity contribution in [1.82, 2.24) is 19.7 Å². The highest BCUT2D eigenvalue weighted by molar-refractivity contribution is 5.95. The van der Waals surface area contributed by atoms with Gasteiger partial charge in [0.05, 0.1) is 11.3 Å². The number of rotatable bonds is 8. The van der Waals surface area contributed by atoms with E-state index in [4.69, 9.17) is 0 Å². The zero-order chi connectivity index (χ0) is 22.5. The Hall–Kier alpha value is -3.35. The number of aromatic carboxylic acids is 1. The molecular weight excluding hydrogens is 404 g/mol. The number of carbonyl (C=O) groups is 2. The number of aromatic nitrogens is 4. The van der Waals surface area contributed by atoms with Gasteiger partial charge < -0.3 is 5.11 Å². The average molecular weight is 433 g/mol. The van der Waals surface area contributed by atoms with Crippen LogP contribution in [0.4, 0.5) is 0 Å². The molecule has 4 rings (SSSR count). The van der Waals surface area contributed by atoms with E-state index in [0.717, 1.165) is 43.5 Å². The minimum atomic E-state index is -0.977. The van der Waals surface area contributed by atoms with Crippen molar-refractivity contribution in [1.29, 1.82) is 0 Å². The van der Waals surface area contributed by atoms with Crippen molar-refractivity contribution >= 4 is 11.8 Å². The molecule has 7 nitrogen and oxygen atoms in total. The van der Waals surface area contributed by atoms with E-state index in [0.29, 0.717) is 30.0 Å². The van der Waals surface area contributed by atoms with Crippen LogP contribution in [0.2, 0.25) is 0 Å². The number of hydrogen-bond donors (Lipinski definition) is 1. The molecule has 1 aliphatic carbocycles. The zero-order valence-corrected chi connectivity index (χ0v) is 18.3. The Kier molecular flexibility index (Phi) is 6.73. The number of pyridine rings is 1. The fourth-order valence-corrected chi connectivity index (χ4v) is 4.31. The molecule has 0 bridgehead atoms. The normalized spacial score (nSPS) is 14.4. The molecule has 1 aliphatic rings. The lowest BCUT2D eigenvalue weighted by Gasteiger charge is -2.18. The van der Waals surface area contributed by atoms with E-state index in [1.165, 1.54) is 6.42 Å². The fraction of sp³-hybridized carbons (Fsp3) is 0.400. The highest BCUT2D eigenvalue weighted by atomic mass is 16.4. The molecule has 166 valence electrons. The van der Waals surface area contributed by atoms with Crippen LogP contribution < -0.4 is 0 Å². The molecule has 2 aromatic heterocycles. The number of ketones is 1. The summed E-state index contributed by atoms with van der Waals surface area (Å²) < 4.78 is 1.84. The fourth-order valence-electron chi connectivity index (χ4n) is 4.31. The monoisotopic (exact) mass is 432 g/mol. The summed E-state index contributed by atoms with van der Waals surface area (Å²) in [6, 6.07) is 10.6. The maximum absolute atomic E-state index is 12.9. The molecule has 1 fully saturated rings. The maximum atomic E-state index is 12.9. The predicted octanol–water partition coefficient (Wildman–Crippen LogP) is 4.80. The van der Waals surface area contributed by atoms with Crippen LogP contribution in [0, 0.1) is 5.92 Å². The van der Waals surface area contributed by atoms with Crippen molar-refractivity contribution in [2.45, 2.75) is 58.4 Å². The summed E-state index contributed by atoms with van der Waals surface area (Å²) in [5, 5.41) is 14.0. The first-order valence-corrected chi connectivity index (χ1v) is 11.3. The Morgan fingerprint density at radius 1 is 1.09 bits per heavy atom. The first-order chi connectivity index (χ1) is 15.6. The van der Waals surface area contributed by atoms with E-state index in [1.807, 2.05) is 16.8 Å². The summed E-state index contributed by atoms with van der Waals surface area (Å²) in [5.41, 5.74) is 2.35. The first kappa shape index (κ1) is 21.9. The van der Waals surface area contributed by atoms with Crippen molar-refractivity contribution in [2.75, 3.05) is 0 Å². The van der Waals surface area contributed by atoms with Crippen molar-refractivity contribution < 1.29 is 14.7 Å². The molecule has 0 aliphatic heterocycles. The van der Waals surface area contributed by atoms with E-state index in [2.05, 4.69) is 22.0 Å². The third-order valence-corrected chi connectivity index (χ3v) is 6.00. The highest BCUT2D eigenvalue weighted by Crippen LogP contribution is 2.26. The lowest BCUT2D eigenvalue weighted by Crippen LogP contribution is -2.19. The van der Waals surface area contributed by atoms with Gasteiger partial charge in [0.15, 0.2) is 0 Å².